The first kappa shape index (κ1) is 15.1. The average Bonchev–Trinajstić information content (AvgIpc) is 3.23. The quantitative estimate of drug-likeness (QED) is 0.772. The molecule has 0 bridgehead atoms. The molecule has 4 rings (SSSR count). The van der Waals surface area contributed by atoms with E-state index >= 15 is 0 Å². The zero-order valence-electron chi connectivity index (χ0n) is 13.1. The molecule has 124 valence electrons. The molecule has 0 aliphatic carbocycles. The van der Waals surface area contributed by atoms with Crippen LogP contribution in [0.25, 0.3) is 11.1 Å². The number of thiazole rings is 1. The Morgan fingerprint density at radius 2 is 2.38 bits per heavy atom. The number of nitrogens with one attached hydrogen (secondary N) is 1. The van der Waals surface area contributed by atoms with Gasteiger partial charge >= 0.3 is 6.03 Å². The number of nitrogens with zero attached hydrogens (tertiary/aromatic N) is 3. The molecule has 1 saturated heterocycles. The van der Waals surface area contributed by atoms with Crippen molar-refractivity contribution in [2.75, 3.05) is 25.0 Å². The average molecular weight is 344 g/mol. The topological polar surface area (TPSA) is 80.5 Å². The molecule has 7 nitrogen and oxygen atoms in total. The maximum absolute atomic E-state index is 12.5. The summed E-state index contributed by atoms with van der Waals surface area (Å²) in [7, 11) is 0. The van der Waals surface area contributed by atoms with Crippen LogP contribution in [0.4, 0.5) is 10.5 Å². The molecule has 8 heteroatoms. The number of carbonyl (C=O) groups excluding carboxylic acids is 1. The highest BCUT2D eigenvalue weighted by molar-refractivity contribution is 7.09. The summed E-state index contributed by atoms with van der Waals surface area (Å²) in [5.41, 5.74) is 2.12. The molecular weight excluding hydrogens is 328 g/mol. The number of anilines is 1. The highest BCUT2D eigenvalue weighted by Crippen LogP contribution is 2.25. The van der Waals surface area contributed by atoms with E-state index in [1.54, 1.807) is 24.1 Å². The van der Waals surface area contributed by atoms with Crippen LogP contribution in [0.5, 0.6) is 0 Å². The lowest BCUT2D eigenvalue weighted by Gasteiger charge is -2.32. The molecule has 2 aromatic heterocycles. The van der Waals surface area contributed by atoms with Gasteiger partial charge in [-0.15, -0.1) is 11.3 Å². The zero-order valence-corrected chi connectivity index (χ0v) is 13.9. The second kappa shape index (κ2) is 6.21. The fraction of sp³-hybridized carbons (Fsp3) is 0.312. The summed E-state index contributed by atoms with van der Waals surface area (Å²) >= 11 is 1.54. The molecular formula is C16H16N4O3S. The van der Waals surface area contributed by atoms with E-state index in [0.29, 0.717) is 36.9 Å². The molecule has 1 unspecified atom stereocenters. The zero-order chi connectivity index (χ0) is 16.5. The fourth-order valence-corrected chi connectivity index (χ4v) is 3.37. The van der Waals surface area contributed by atoms with Crippen LogP contribution in [0, 0.1) is 6.92 Å². The van der Waals surface area contributed by atoms with Gasteiger partial charge in [-0.1, -0.05) is 0 Å². The Morgan fingerprint density at radius 1 is 1.46 bits per heavy atom. The highest BCUT2D eigenvalue weighted by Gasteiger charge is 2.27. The van der Waals surface area contributed by atoms with Gasteiger partial charge in [-0.3, -0.25) is 0 Å². The van der Waals surface area contributed by atoms with Crippen molar-refractivity contribution in [3.05, 3.63) is 40.7 Å². The molecule has 1 atom stereocenters. The van der Waals surface area contributed by atoms with Crippen LogP contribution < -0.4 is 5.32 Å². The minimum absolute atomic E-state index is 0.157. The van der Waals surface area contributed by atoms with Crippen LogP contribution in [0.3, 0.4) is 0 Å². The lowest BCUT2D eigenvalue weighted by molar-refractivity contribution is -0.0135. The summed E-state index contributed by atoms with van der Waals surface area (Å²) < 4.78 is 11.2. The normalized spacial score (nSPS) is 18.0. The Kier molecular flexibility index (Phi) is 3.91. The third kappa shape index (κ3) is 2.98. The maximum atomic E-state index is 12.5. The predicted molar refractivity (Wildman–Crippen MR) is 90.1 cm³/mol. The lowest BCUT2D eigenvalue weighted by atomic mass is 10.2. The van der Waals surface area contributed by atoms with Gasteiger partial charge in [0.1, 0.15) is 16.6 Å². The van der Waals surface area contributed by atoms with E-state index in [1.165, 1.54) is 11.3 Å². The predicted octanol–water partition coefficient (Wildman–Crippen LogP) is 3.20. The van der Waals surface area contributed by atoms with E-state index in [-0.39, 0.29) is 12.1 Å². The smallest absolute Gasteiger partial charge is 0.322 e. The fourth-order valence-electron chi connectivity index (χ4n) is 2.70. The van der Waals surface area contributed by atoms with Crippen molar-refractivity contribution in [2.45, 2.75) is 13.0 Å². The molecule has 1 aromatic carbocycles. The van der Waals surface area contributed by atoms with Crippen LogP contribution in [0.2, 0.25) is 0 Å². The van der Waals surface area contributed by atoms with Gasteiger partial charge in [-0.25, -0.2) is 14.8 Å². The molecule has 24 heavy (non-hydrogen) atoms. The highest BCUT2D eigenvalue weighted by atomic mass is 32.1. The third-order valence-electron chi connectivity index (χ3n) is 3.83. The van der Waals surface area contributed by atoms with Crippen molar-refractivity contribution in [3.8, 4) is 0 Å². The molecule has 0 spiro atoms. The molecule has 2 amide bonds. The van der Waals surface area contributed by atoms with Gasteiger partial charge in [0, 0.05) is 36.8 Å². The first-order valence-electron chi connectivity index (χ1n) is 7.63. The molecule has 3 aromatic rings. The van der Waals surface area contributed by atoms with Gasteiger partial charge in [0.05, 0.1) is 13.2 Å². The summed E-state index contributed by atoms with van der Waals surface area (Å²) in [6, 6.07) is 5.28. The molecule has 0 saturated carbocycles. The van der Waals surface area contributed by atoms with Crippen molar-refractivity contribution >= 4 is 34.2 Å². The van der Waals surface area contributed by atoms with Crippen molar-refractivity contribution in [1.29, 1.82) is 0 Å². The second-order valence-corrected chi connectivity index (χ2v) is 6.45. The van der Waals surface area contributed by atoms with Crippen molar-refractivity contribution in [3.63, 3.8) is 0 Å². The number of carbonyl (C=O) groups is 1. The minimum Gasteiger partial charge on any atom is -0.441 e. The number of hydrogen-bond donors (Lipinski definition) is 1. The number of ether oxygens (including phenoxy) is 1. The molecule has 1 aliphatic rings. The number of benzene rings is 1. The van der Waals surface area contributed by atoms with Gasteiger partial charge in [0.2, 0.25) is 0 Å². The number of morpholine rings is 1. The van der Waals surface area contributed by atoms with E-state index in [0.717, 1.165) is 10.5 Å². The molecule has 1 aliphatic heterocycles. The largest absolute Gasteiger partial charge is 0.441 e. The van der Waals surface area contributed by atoms with E-state index in [2.05, 4.69) is 15.3 Å². The van der Waals surface area contributed by atoms with Crippen molar-refractivity contribution in [1.82, 2.24) is 14.9 Å². The van der Waals surface area contributed by atoms with E-state index in [1.807, 2.05) is 17.5 Å². The number of amides is 2. The van der Waals surface area contributed by atoms with E-state index in [4.69, 9.17) is 9.15 Å². The van der Waals surface area contributed by atoms with Gasteiger partial charge in [-0.2, -0.15) is 0 Å². The van der Waals surface area contributed by atoms with Crippen LogP contribution in [-0.2, 0) is 4.74 Å². The molecule has 1 N–H and O–H groups in total. The number of rotatable bonds is 2. The number of aryl methyl sites for hydroxylation is 1. The summed E-state index contributed by atoms with van der Waals surface area (Å²) in [5.74, 6) is 0.605. The minimum atomic E-state index is -0.163. The van der Waals surface area contributed by atoms with Crippen molar-refractivity contribution < 1.29 is 13.9 Å². The van der Waals surface area contributed by atoms with Crippen LogP contribution in [-0.4, -0.2) is 40.6 Å². The number of fused-ring (bicyclic) bond motifs is 1. The van der Waals surface area contributed by atoms with E-state index < -0.39 is 0 Å². The maximum Gasteiger partial charge on any atom is 0.322 e. The Hall–Kier alpha value is -2.45. The lowest BCUT2D eigenvalue weighted by Crippen LogP contribution is -2.44. The number of urea groups is 1. The van der Waals surface area contributed by atoms with Crippen LogP contribution in [0.15, 0.2) is 34.2 Å². The second-order valence-electron chi connectivity index (χ2n) is 5.52. The van der Waals surface area contributed by atoms with Gasteiger partial charge in [-0.05, 0) is 12.1 Å². The van der Waals surface area contributed by atoms with E-state index in [9.17, 15) is 4.79 Å². The first-order chi connectivity index (χ1) is 11.7. The number of aromatic nitrogens is 2. The Labute approximate surface area is 142 Å². The summed E-state index contributed by atoms with van der Waals surface area (Å²) in [6.07, 6.45) is 1.58. The monoisotopic (exact) mass is 344 g/mol. The van der Waals surface area contributed by atoms with Gasteiger partial charge in [0.15, 0.2) is 11.5 Å². The van der Waals surface area contributed by atoms with Crippen molar-refractivity contribution in [2.24, 2.45) is 0 Å². The number of oxazole rings is 1. The molecule has 3 heterocycles. The SMILES string of the molecule is Cc1nc2ccc(NC(=O)N3CCOC(c4nccs4)C3)cc2o1. The van der Waals surface area contributed by atoms with Gasteiger partial charge in [0.25, 0.3) is 0 Å². The Morgan fingerprint density at radius 3 is 3.21 bits per heavy atom. The van der Waals surface area contributed by atoms with Crippen LogP contribution in [0.1, 0.15) is 17.0 Å². The first-order valence-corrected chi connectivity index (χ1v) is 8.51. The molecule has 0 radical (unpaired) electrons. The summed E-state index contributed by atoms with van der Waals surface area (Å²) in [4.78, 5) is 22.8. The standard InChI is InChI=1S/C16H16N4O3S/c1-10-18-12-3-2-11(8-13(12)23-10)19-16(21)20-5-6-22-14(9-20)15-17-4-7-24-15/h2-4,7-8,14H,5-6,9H2,1H3,(H,19,21). The number of hydrogen-bond acceptors (Lipinski definition) is 6. The summed E-state index contributed by atoms with van der Waals surface area (Å²) in [6.45, 7) is 3.34. The summed E-state index contributed by atoms with van der Waals surface area (Å²) in [5, 5.41) is 5.71. The van der Waals surface area contributed by atoms with Crippen LogP contribution >= 0.6 is 11.3 Å². The Bertz CT molecular complexity index is 861. The Balaban J connectivity index is 1.46. The third-order valence-corrected chi connectivity index (χ3v) is 4.69. The molecule has 1 fully saturated rings. The van der Waals surface area contributed by atoms with Gasteiger partial charge < -0.3 is 19.4 Å².